The third-order valence-corrected chi connectivity index (χ3v) is 5.11. The summed E-state index contributed by atoms with van der Waals surface area (Å²) >= 11 is 3.38. The molecule has 3 nitrogen and oxygen atoms in total. The maximum Gasteiger partial charge on any atom is 0.268 e. The van der Waals surface area contributed by atoms with Crippen LogP contribution in [-0.2, 0) is 10.0 Å². The molecule has 0 amide bonds. The topological polar surface area (TPSA) is 39.1 Å². The van der Waals surface area contributed by atoms with E-state index in [4.69, 9.17) is 0 Å². The van der Waals surface area contributed by atoms with Crippen LogP contribution in [0.3, 0.4) is 0 Å². The van der Waals surface area contributed by atoms with E-state index in [-0.39, 0.29) is 29.7 Å². The molecule has 0 fully saturated rings. The van der Waals surface area contributed by atoms with Crippen LogP contribution in [0, 0.1) is 0 Å². The van der Waals surface area contributed by atoms with Crippen molar-refractivity contribution in [3.8, 4) is 0 Å². The van der Waals surface area contributed by atoms with Gasteiger partial charge in [-0.2, -0.15) is 0 Å². The van der Waals surface area contributed by atoms with Crippen molar-refractivity contribution in [3.63, 3.8) is 0 Å². The zero-order valence-electron chi connectivity index (χ0n) is 10.6. The molecule has 2 aromatic carbocycles. The molecule has 0 saturated heterocycles. The fourth-order valence-corrected chi connectivity index (χ4v) is 3.76. The highest BCUT2D eigenvalue weighted by molar-refractivity contribution is 9.10. The van der Waals surface area contributed by atoms with E-state index in [2.05, 4.69) is 15.9 Å². The van der Waals surface area contributed by atoms with E-state index in [1.54, 1.807) is 48.7 Å². The predicted molar refractivity (Wildman–Crippen MR) is 93.2 cm³/mol. The molecule has 0 bridgehead atoms. The number of fused-ring (bicyclic) bond motifs is 1. The standard InChI is InChI=1S/C14H10BrNO2S.2ClH/c15-12-6-7-14-11(10-12)8-9-16(14)19(17,18)13-4-2-1-3-5-13;;/h1-10H;2*1H. The molecule has 0 atom stereocenters. The van der Waals surface area contributed by atoms with E-state index in [1.165, 1.54) is 3.97 Å². The molecule has 3 rings (SSSR count). The summed E-state index contributed by atoms with van der Waals surface area (Å²) in [5.74, 6) is 0. The van der Waals surface area contributed by atoms with Crippen molar-refractivity contribution < 1.29 is 8.42 Å². The third-order valence-electron chi connectivity index (χ3n) is 2.92. The number of hydrogen-bond donors (Lipinski definition) is 0. The second kappa shape index (κ2) is 6.83. The fourth-order valence-electron chi connectivity index (χ4n) is 2.00. The van der Waals surface area contributed by atoms with Gasteiger partial charge >= 0.3 is 0 Å². The quantitative estimate of drug-likeness (QED) is 0.626. The lowest BCUT2D eigenvalue weighted by Crippen LogP contribution is -2.11. The molecule has 1 aromatic heterocycles. The SMILES string of the molecule is Cl.Cl.O=S(=O)(c1ccccc1)n1ccc2cc(Br)ccc21. The van der Waals surface area contributed by atoms with Gasteiger partial charge in [0.05, 0.1) is 10.4 Å². The number of hydrogen-bond acceptors (Lipinski definition) is 2. The summed E-state index contributed by atoms with van der Waals surface area (Å²) in [7, 11) is -3.53. The lowest BCUT2D eigenvalue weighted by Gasteiger charge is -2.07. The lowest BCUT2D eigenvalue weighted by atomic mass is 10.3. The molecule has 0 spiro atoms. The Morgan fingerprint density at radius 3 is 2.24 bits per heavy atom. The average Bonchev–Trinajstić information content (AvgIpc) is 2.83. The number of nitrogens with zero attached hydrogens (tertiary/aromatic N) is 1. The number of aromatic nitrogens is 1. The van der Waals surface area contributed by atoms with Crippen molar-refractivity contribution in [1.82, 2.24) is 3.97 Å². The van der Waals surface area contributed by atoms with Gasteiger partial charge < -0.3 is 0 Å². The molecular formula is C14H12BrCl2NO2S. The highest BCUT2D eigenvalue weighted by atomic mass is 79.9. The summed E-state index contributed by atoms with van der Waals surface area (Å²) in [6.07, 6.45) is 1.58. The molecule has 112 valence electrons. The van der Waals surface area contributed by atoms with Crippen LogP contribution in [-0.4, -0.2) is 12.4 Å². The molecule has 0 saturated carbocycles. The van der Waals surface area contributed by atoms with Crippen LogP contribution < -0.4 is 0 Å². The van der Waals surface area contributed by atoms with E-state index in [9.17, 15) is 8.42 Å². The van der Waals surface area contributed by atoms with Gasteiger partial charge in [-0.25, -0.2) is 12.4 Å². The molecule has 0 aliphatic rings. The second-order valence-corrected chi connectivity index (χ2v) is 6.86. The Bertz CT molecular complexity index is 848. The minimum absolute atomic E-state index is 0. The smallest absolute Gasteiger partial charge is 0.241 e. The van der Waals surface area contributed by atoms with Crippen molar-refractivity contribution in [2.45, 2.75) is 4.90 Å². The Labute approximate surface area is 144 Å². The molecule has 21 heavy (non-hydrogen) atoms. The van der Waals surface area contributed by atoms with Crippen LogP contribution in [0.1, 0.15) is 0 Å². The van der Waals surface area contributed by atoms with Crippen molar-refractivity contribution >= 4 is 61.7 Å². The van der Waals surface area contributed by atoms with Crippen LogP contribution in [0.4, 0.5) is 0 Å². The van der Waals surface area contributed by atoms with E-state index in [0.29, 0.717) is 5.52 Å². The van der Waals surface area contributed by atoms with Gasteiger partial charge in [0.2, 0.25) is 0 Å². The van der Waals surface area contributed by atoms with Gasteiger partial charge in [-0.15, -0.1) is 24.8 Å². The summed E-state index contributed by atoms with van der Waals surface area (Å²) < 4.78 is 27.3. The largest absolute Gasteiger partial charge is 0.268 e. The number of benzene rings is 2. The molecular weight excluding hydrogens is 397 g/mol. The van der Waals surface area contributed by atoms with E-state index < -0.39 is 10.0 Å². The highest BCUT2D eigenvalue weighted by Gasteiger charge is 2.18. The first-order valence-electron chi connectivity index (χ1n) is 5.66. The fraction of sp³-hybridized carbons (Fsp3) is 0. The van der Waals surface area contributed by atoms with E-state index >= 15 is 0 Å². The summed E-state index contributed by atoms with van der Waals surface area (Å²) in [6.45, 7) is 0. The molecule has 0 aliphatic heterocycles. The number of rotatable bonds is 2. The first-order valence-corrected chi connectivity index (χ1v) is 7.89. The van der Waals surface area contributed by atoms with Crippen molar-refractivity contribution in [3.05, 3.63) is 65.3 Å². The highest BCUT2D eigenvalue weighted by Crippen LogP contribution is 2.24. The third kappa shape index (κ3) is 3.26. The van der Waals surface area contributed by atoms with Crippen LogP contribution in [0.25, 0.3) is 10.9 Å². The molecule has 0 aliphatic carbocycles. The van der Waals surface area contributed by atoms with Crippen LogP contribution in [0.5, 0.6) is 0 Å². The minimum atomic E-state index is -3.53. The van der Waals surface area contributed by atoms with Crippen LogP contribution in [0.15, 0.2) is 70.2 Å². The molecule has 7 heteroatoms. The zero-order valence-corrected chi connectivity index (χ0v) is 14.7. The van der Waals surface area contributed by atoms with E-state index in [0.717, 1.165) is 9.86 Å². The molecule has 3 aromatic rings. The Morgan fingerprint density at radius 2 is 1.57 bits per heavy atom. The first kappa shape index (κ1) is 18.0. The van der Waals surface area contributed by atoms with Crippen molar-refractivity contribution in [1.29, 1.82) is 0 Å². The summed E-state index contributed by atoms with van der Waals surface area (Å²) in [5, 5.41) is 0.883. The number of halogens is 3. The Morgan fingerprint density at radius 1 is 0.905 bits per heavy atom. The second-order valence-electron chi connectivity index (χ2n) is 4.13. The lowest BCUT2D eigenvalue weighted by molar-refractivity contribution is 0.589. The predicted octanol–water partition coefficient (Wildman–Crippen LogP) is 4.48. The zero-order chi connectivity index (χ0) is 13.5. The molecule has 1 heterocycles. The van der Waals surface area contributed by atoms with Gasteiger partial charge in [0, 0.05) is 16.1 Å². The monoisotopic (exact) mass is 407 g/mol. The maximum atomic E-state index is 12.5. The maximum absolute atomic E-state index is 12.5. The first-order chi connectivity index (χ1) is 9.09. The summed E-state index contributed by atoms with van der Waals surface area (Å²) in [5.41, 5.74) is 0.673. The van der Waals surface area contributed by atoms with Gasteiger partial charge in [0.25, 0.3) is 10.0 Å². The minimum Gasteiger partial charge on any atom is -0.241 e. The summed E-state index contributed by atoms with van der Waals surface area (Å²) in [4.78, 5) is 0.287. The van der Waals surface area contributed by atoms with Gasteiger partial charge in [-0.1, -0.05) is 34.1 Å². The van der Waals surface area contributed by atoms with Crippen LogP contribution >= 0.6 is 40.7 Å². The van der Waals surface area contributed by atoms with Gasteiger partial charge in [0.15, 0.2) is 0 Å². The van der Waals surface area contributed by atoms with Crippen molar-refractivity contribution in [2.75, 3.05) is 0 Å². The van der Waals surface area contributed by atoms with E-state index in [1.807, 2.05) is 12.1 Å². The Hall–Kier alpha value is -1.01. The molecule has 0 unspecified atom stereocenters. The molecule has 0 N–H and O–H groups in total. The Balaban J connectivity index is 0.00000110. The van der Waals surface area contributed by atoms with Crippen molar-refractivity contribution in [2.24, 2.45) is 0 Å². The van der Waals surface area contributed by atoms with Gasteiger partial charge in [0.1, 0.15) is 0 Å². The Kier molecular flexibility index (Phi) is 5.87. The van der Waals surface area contributed by atoms with Gasteiger partial charge in [-0.05, 0) is 36.4 Å². The normalized spacial score (nSPS) is 10.7. The average molecular weight is 409 g/mol. The van der Waals surface area contributed by atoms with Crippen LogP contribution in [0.2, 0.25) is 0 Å². The summed E-state index contributed by atoms with van der Waals surface area (Å²) in [6, 6.07) is 15.7. The molecule has 0 radical (unpaired) electrons. The van der Waals surface area contributed by atoms with Gasteiger partial charge in [-0.3, -0.25) is 0 Å².